The van der Waals surface area contributed by atoms with Gasteiger partial charge in [0, 0.05) is 44.8 Å². The third-order valence-corrected chi connectivity index (χ3v) is 7.45. The molecule has 0 saturated carbocycles. The van der Waals surface area contributed by atoms with Gasteiger partial charge in [0.25, 0.3) is 0 Å². The number of thiophene rings is 1. The molecule has 11 heteroatoms. The van der Waals surface area contributed by atoms with E-state index in [1.165, 1.54) is 24.3 Å². The maximum Gasteiger partial charge on any atom is 0.250 e. The van der Waals surface area contributed by atoms with E-state index in [0.29, 0.717) is 31.9 Å². The molecule has 0 aliphatic carbocycles. The van der Waals surface area contributed by atoms with E-state index in [0.717, 1.165) is 11.3 Å². The van der Waals surface area contributed by atoms with Crippen LogP contribution in [-0.2, 0) is 19.6 Å². The number of sulfonamides is 1. The summed E-state index contributed by atoms with van der Waals surface area (Å²) in [7, 11) is -3.57. The van der Waals surface area contributed by atoms with E-state index in [4.69, 9.17) is 0 Å². The highest BCUT2D eigenvalue weighted by Gasteiger charge is 2.23. The molecule has 1 saturated heterocycles. The third kappa shape index (κ3) is 6.33. The summed E-state index contributed by atoms with van der Waals surface area (Å²) < 4.78 is 40.0. The van der Waals surface area contributed by atoms with Crippen LogP contribution in [0.4, 0.5) is 10.1 Å². The first-order chi connectivity index (χ1) is 14.3. The molecule has 1 aliphatic heterocycles. The van der Waals surface area contributed by atoms with Crippen LogP contribution in [0.1, 0.15) is 6.42 Å². The largest absolute Gasteiger partial charge is 0.340 e. The van der Waals surface area contributed by atoms with Gasteiger partial charge in [0.15, 0.2) is 0 Å². The minimum absolute atomic E-state index is 0.0370. The van der Waals surface area contributed by atoms with Crippen molar-refractivity contribution in [3.05, 3.63) is 47.6 Å². The molecule has 1 aromatic heterocycles. The van der Waals surface area contributed by atoms with Gasteiger partial charge in [-0.05, 0) is 29.6 Å². The van der Waals surface area contributed by atoms with Crippen molar-refractivity contribution in [2.24, 2.45) is 0 Å². The van der Waals surface area contributed by atoms with E-state index < -0.39 is 15.8 Å². The number of halogens is 1. The Labute approximate surface area is 178 Å². The predicted molar refractivity (Wildman–Crippen MR) is 112 cm³/mol. The van der Waals surface area contributed by atoms with E-state index in [-0.39, 0.29) is 35.5 Å². The zero-order chi connectivity index (χ0) is 21.6. The highest BCUT2D eigenvalue weighted by atomic mass is 32.2. The number of benzene rings is 1. The minimum atomic E-state index is -3.57. The van der Waals surface area contributed by atoms with E-state index in [1.807, 2.05) is 4.90 Å². The number of nitrogens with one attached hydrogen (secondary N) is 2. The molecule has 0 unspecified atom stereocenters. The summed E-state index contributed by atoms with van der Waals surface area (Å²) in [5.41, 5.74) is 0.402. The summed E-state index contributed by atoms with van der Waals surface area (Å²) in [6, 6.07) is 8.86. The monoisotopic (exact) mass is 454 g/mol. The van der Waals surface area contributed by atoms with Crippen LogP contribution in [0.15, 0.2) is 46.0 Å². The molecule has 0 atom stereocenters. The first-order valence-electron chi connectivity index (χ1n) is 9.42. The molecule has 0 spiro atoms. The van der Waals surface area contributed by atoms with Crippen molar-refractivity contribution in [2.45, 2.75) is 10.6 Å². The highest BCUT2D eigenvalue weighted by molar-refractivity contribution is 7.91. The lowest BCUT2D eigenvalue weighted by molar-refractivity contribution is -0.132. The summed E-state index contributed by atoms with van der Waals surface area (Å²) in [5.74, 6) is -0.797. The molecule has 2 N–H and O–H groups in total. The number of hydrogen-bond acceptors (Lipinski definition) is 6. The second-order valence-electron chi connectivity index (χ2n) is 6.80. The summed E-state index contributed by atoms with van der Waals surface area (Å²) in [4.78, 5) is 28.0. The van der Waals surface area contributed by atoms with Crippen molar-refractivity contribution in [1.82, 2.24) is 14.5 Å². The number of nitrogens with zero attached hydrogens (tertiary/aromatic N) is 2. The molecule has 1 aliphatic rings. The number of carbonyl (C=O) groups excluding carboxylic acids is 2. The smallest absolute Gasteiger partial charge is 0.250 e. The van der Waals surface area contributed by atoms with Crippen molar-refractivity contribution < 1.29 is 22.4 Å². The van der Waals surface area contributed by atoms with Gasteiger partial charge < -0.3 is 10.2 Å². The van der Waals surface area contributed by atoms with Gasteiger partial charge in [0.2, 0.25) is 21.8 Å². The first-order valence-corrected chi connectivity index (χ1v) is 11.8. The molecule has 3 rings (SSSR count). The molecule has 162 valence electrons. The molecule has 2 amide bonds. The number of anilines is 1. The molecule has 0 bridgehead atoms. The van der Waals surface area contributed by atoms with E-state index in [2.05, 4.69) is 10.0 Å². The fourth-order valence-electron chi connectivity index (χ4n) is 3.06. The van der Waals surface area contributed by atoms with Crippen molar-refractivity contribution in [3.63, 3.8) is 0 Å². The SMILES string of the molecule is O=C(CN1CCN(C(=O)CCNS(=O)(=O)c2cccs2)CC1)Nc1cccc(F)c1. The summed E-state index contributed by atoms with van der Waals surface area (Å²) in [6.07, 6.45) is 0.0741. The normalized spacial score (nSPS) is 15.2. The maximum absolute atomic E-state index is 13.2. The second-order valence-corrected chi connectivity index (χ2v) is 9.74. The molecular formula is C19H23FN4O4S2. The number of hydrogen-bond donors (Lipinski definition) is 2. The van der Waals surface area contributed by atoms with Crippen LogP contribution < -0.4 is 10.0 Å². The highest BCUT2D eigenvalue weighted by Crippen LogP contribution is 2.15. The van der Waals surface area contributed by atoms with Gasteiger partial charge >= 0.3 is 0 Å². The Morgan fingerprint density at radius 2 is 1.87 bits per heavy atom. The Hall–Kier alpha value is -2.34. The zero-order valence-corrected chi connectivity index (χ0v) is 17.8. The Morgan fingerprint density at radius 1 is 1.10 bits per heavy atom. The number of amides is 2. The molecule has 1 fully saturated rings. The topological polar surface area (TPSA) is 98.8 Å². The van der Waals surface area contributed by atoms with Gasteiger partial charge in [-0.2, -0.15) is 0 Å². The lowest BCUT2D eigenvalue weighted by Gasteiger charge is -2.34. The average Bonchev–Trinajstić information content (AvgIpc) is 3.24. The molecular weight excluding hydrogens is 431 g/mol. The molecule has 0 radical (unpaired) electrons. The standard InChI is InChI=1S/C19H23FN4O4S2/c20-15-3-1-4-16(13-15)22-17(25)14-23-8-10-24(11-9-23)18(26)6-7-21-30(27,28)19-5-2-12-29-19/h1-5,12-13,21H,6-11,14H2,(H,22,25). The van der Waals surface area contributed by atoms with Gasteiger partial charge in [-0.25, -0.2) is 17.5 Å². The van der Waals surface area contributed by atoms with Gasteiger partial charge in [-0.15, -0.1) is 11.3 Å². The van der Waals surface area contributed by atoms with E-state index in [9.17, 15) is 22.4 Å². The lowest BCUT2D eigenvalue weighted by Crippen LogP contribution is -2.50. The first kappa shape index (κ1) is 22.3. The fraction of sp³-hybridized carbons (Fsp3) is 0.368. The number of carbonyl (C=O) groups is 2. The number of rotatable bonds is 8. The molecule has 30 heavy (non-hydrogen) atoms. The van der Waals surface area contributed by atoms with Crippen molar-refractivity contribution in [2.75, 3.05) is 44.6 Å². The maximum atomic E-state index is 13.2. The van der Waals surface area contributed by atoms with Crippen molar-refractivity contribution in [1.29, 1.82) is 0 Å². The summed E-state index contributed by atoms with van der Waals surface area (Å²) >= 11 is 1.12. The predicted octanol–water partition coefficient (Wildman–Crippen LogP) is 1.34. The van der Waals surface area contributed by atoms with Crippen LogP contribution in [0.3, 0.4) is 0 Å². The Balaban J connectivity index is 1.37. The summed E-state index contributed by atoms with van der Waals surface area (Å²) in [5, 5.41) is 4.33. The Bertz CT molecular complexity index is 974. The van der Waals surface area contributed by atoms with Gasteiger partial charge in [0.1, 0.15) is 10.0 Å². The fourth-order valence-corrected chi connectivity index (χ4v) is 5.13. The van der Waals surface area contributed by atoms with Crippen LogP contribution in [0, 0.1) is 5.82 Å². The quantitative estimate of drug-likeness (QED) is 0.627. The van der Waals surface area contributed by atoms with Crippen LogP contribution in [-0.4, -0.2) is 69.3 Å². The minimum Gasteiger partial charge on any atom is -0.340 e. The van der Waals surface area contributed by atoms with Crippen LogP contribution in [0.5, 0.6) is 0 Å². The number of piperazine rings is 1. The van der Waals surface area contributed by atoms with Crippen LogP contribution in [0.2, 0.25) is 0 Å². The van der Waals surface area contributed by atoms with Gasteiger partial charge in [0.05, 0.1) is 6.54 Å². The van der Waals surface area contributed by atoms with Gasteiger partial charge in [-0.3, -0.25) is 14.5 Å². The van der Waals surface area contributed by atoms with Gasteiger partial charge in [-0.1, -0.05) is 12.1 Å². The molecule has 8 nitrogen and oxygen atoms in total. The Kier molecular flexibility index (Phi) is 7.53. The van der Waals surface area contributed by atoms with E-state index in [1.54, 1.807) is 22.4 Å². The lowest BCUT2D eigenvalue weighted by atomic mass is 10.2. The summed E-state index contributed by atoms with van der Waals surface area (Å²) in [6.45, 7) is 2.18. The molecule has 1 aromatic carbocycles. The molecule has 2 heterocycles. The zero-order valence-electron chi connectivity index (χ0n) is 16.2. The van der Waals surface area contributed by atoms with Crippen molar-refractivity contribution >= 4 is 38.9 Å². The van der Waals surface area contributed by atoms with Crippen molar-refractivity contribution in [3.8, 4) is 0 Å². The van der Waals surface area contributed by atoms with E-state index >= 15 is 0 Å². The Morgan fingerprint density at radius 3 is 2.53 bits per heavy atom. The molecule has 2 aromatic rings. The average molecular weight is 455 g/mol. The van der Waals surface area contributed by atoms with Crippen LogP contribution in [0.25, 0.3) is 0 Å². The van der Waals surface area contributed by atoms with Crippen LogP contribution >= 0.6 is 11.3 Å². The third-order valence-electron chi connectivity index (χ3n) is 4.59. The second kappa shape index (κ2) is 10.1.